The quantitative estimate of drug-likeness (QED) is 0.147. The Morgan fingerprint density at radius 2 is 1.04 bits per heavy atom. The van der Waals surface area contributed by atoms with Crippen LogP contribution in [0.4, 0.5) is 11.4 Å². The minimum absolute atomic E-state index is 0.239. The molecule has 4 aromatic carbocycles. The number of aromatic amines is 1. The van der Waals surface area contributed by atoms with Gasteiger partial charge in [-0.15, -0.1) is 0 Å². The van der Waals surface area contributed by atoms with E-state index in [1.54, 1.807) is 28.5 Å². The zero-order valence-corrected chi connectivity index (χ0v) is 30.9. The second-order valence-corrected chi connectivity index (χ2v) is 14.3. The molecule has 0 bridgehead atoms. The molecule has 3 N–H and O–H groups in total. The fourth-order valence-electron chi connectivity index (χ4n) is 8.03. The van der Waals surface area contributed by atoms with Crippen molar-refractivity contribution >= 4 is 56.5 Å². The Morgan fingerprint density at radius 1 is 0.561 bits per heavy atom. The van der Waals surface area contributed by atoms with Gasteiger partial charge in [-0.2, -0.15) is 0 Å². The van der Waals surface area contributed by atoms with Gasteiger partial charge in [0, 0.05) is 58.8 Å². The first kappa shape index (κ1) is 35.5. The monoisotopic (exact) mass is 754 g/mol. The highest BCUT2D eigenvalue weighted by atomic mass is 16.2. The first-order valence-electron chi connectivity index (χ1n) is 19.1. The lowest BCUT2D eigenvalue weighted by Crippen LogP contribution is -2.43. The average molecular weight is 755 g/mol. The minimum atomic E-state index is -0.601. The highest BCUT2D eigenvalue weighted by Crippen LogP contribution is 2.32. The van der Waals surface area contributed by atoms with E-state index in [4.69, 9.17) is 0 Å². The number of fused-ring (bicyclic) bond motifs is 2. The van der Waals surface area contributed by atoms with Crippen LogP contribution in [-0.4, -0.2) is 78.5 Å². The molecule has 2 atom stereocenters. The van der Waals surface area contributed by atoms with Crippen molar-refractivity contribution in [1.29, 1.82) is 0 Å². The number of carbonyl (C=O) groups is 4. The summed E-state index contributed by atoms with van der Waals surface area (Å²) in [6, 6.07) is 32.7. The van der Waals surface area contributed by atoms with E-state index in [0.29, 0.717) is 48.7 Å². The van der Waals surface area contributed by atoms with E-state index >= 15 is 0 Å². The largest absolute Gasteiger partial charge is 0.344 e. The van der Waals surface area contributed by atoms with Crippen LogP contribution in [0.25, 0.3) is 44.1 Å². The molecule has 9 rings (SSSR count). The molecule has 2 saturated heterocycles. The summed E-state index contributed by atoms with van der Waals surface area (Å²) in [6.45, 7) is 0.974. The molecule has 0 unspecified atom stereocenters. The van der Waals surface area contributed by atoms with Crippen LogP contribution in [-0.2, 0) is 9.59 Å². The van der Waals surface area contributed by atoms with Crippen molar-refractivity contribution in [3.63, 3.8) is 0 Å². The van der Waals surface area contributed by atoms with Gasteiger partial charge in [-0.3, -0.25) is 29.1 Å². The number of nitrogens with one attached hydrogen (secondary N) is 3. The maximum atomic E-state index is 13.6. The summed E-state index contributed by atoms with van der Waals surface area (Å²) in [6.07, 6.45) is 7.49. The van der Waals surface area contributed by atoms with Gasteiger partial charge in [-0.05, 0) is 72.9 Å². The standard InChI is InChI=1S/C45H38N8O4/c54-42(36-11-5-25-52(36)44(56)40-34-9-3-1-7-28(34)21-23-46-40)50-32-17-13-30(14-18-32)38-39(49-27-48-38)31-15-19-33(20-16-31)51-43(55)37-12-6-26-53(37)45(57)41-35-10-4-2-8-29(35)22-24-47-41/h1-4,7-10,13-24,27,36-37H,5-6,11-12,25-26H2,(H,48,49)(H,50,54)(H,51,55)/t36-,37-/m0/s1. The van der Waals surface area contributed by atoms with Crippen LogP contribution in [0.5, 0.6) is 0 Å². The number of rotatable bonds is 8. The Labute approximate surface area is 328 Å². The third kappa shape index (κ3) is 6.86. The van der Waals surface area contributed by atoms with E-state index in [2.05, 4.69) is 30.6 Å². The molecule has 2 aliphatic heterocycles. The maximum Gasteiger partial charge on any atom is 0.273 e. The van der Waals surface area contributed by atoms with Crippen LogP contribution < -0.4 is 10.6 Å². The zero-order valence-electron chi connectivity index (χ0n) is 30.9. The number of benzene rings is 4. The highest BCUT2D eigenvalue weighted by Gasteiger charge is 2.37. The molecule has 0 aliphatic carbocycles. The number of hydrogen-bond acceptors (Lipinski definition) is 7. The van der Waals surface area contributed by atoms with Crippen molar-refractivity contribution in [3.8, 4) is 22.5 Å². The Kier molecular flexibility index (Phi) is 9.43. The van der Waals surface area contributed by atoms with Gasteiger partial charge in [-0.1, -0.05) is 72.8 Å². The summed E-state index contributed by atoms with van der Waals surface area (Å²) < 4.78 is 0. The van der Waals surface area contributed by atoms with Gasteiger partial charge in [-0.25, -0.2) is 4.98 Å². The molecular weight excluding hydrogens is 717 g/mol. The topological polar surface area (TPSA) is 153 Å². The summed E-state index contributed by atoms with van der Waals surface area (Å²) in [5.41, 5.74) is 5.15. The summed E-state index contributed by atoms with van der Waals surface area (Å²) in [7, 11) is 0. The third-order valence-corrected chi connectivity index (χ3v) is 10.9. The fourth-order valence-corrected chi connectivity index (χ4v) is 8.03. The van der Waals surface area contributed by atoms with Gasteiger partial charge in [0.15, 0.2) is 0 Å². The first-order chi connectivity index (χ1) is 27.9. The van der Waals surface area contributed by atoms with Crippen LogP contribution in [0.3, 0.4) is 0 Å². The average Bonchev–Trinajstić information content (AvgIpc) is 4.06. The van der Waals surface area contributed by atoms with Crippen molar-refractivity contribution in [3.05, 3.63) is 139 Å². The van der Waals surface area contributed by atoms with E-state index in [-0.39, 0.29) is 23.6 Å². The summed E-state index contributed by atoms with van der Waals surface area (Å²) >= 11 is 0. The predicted molar refractivity (Wildman–Crippen MR) is 218 cm³/mol. The number of nitrogens with zero attached hydrogens (tertiary/aromatic N) is 5. The lowest BCUT2D eigenvalue weighted by atomic mass is 10.0. The second kappa shape index (κ2) is 15.1. The molecule has 0 radical (unpaired) electrons. The van der Waals surface area contributed by atoms with Crippen molar-refractivity contribution in [1.82, 2.24) is 29.7 Å². The molecular formula is C45H38N8O4. The van der Waals surface area contributed by atoms with Gasteiger partial charge in [0.25, 0.3) is 11.8 Å². The number of imidazole rings is 1. The van der Waals surface area contributed by atoms with Gasteiger partial charge in [0.05, 0.1) is 17.7 Å². The van der Waals surface area contributed by atoms with E-state index in [1.165, 1.54) is 0 Å². The van der Waals surface area contributed by atoms with Crippen LogP contribution in [0.1, 0.15) is 46.7 Å². The van der Waals surface area contributed by atoms with Crippen LogP contribution >= 0.6 is 0 Å². The molecule has 5 heterocycles. The zero-order chi connectivity index (χ0) is 38.9. The lowest BCUT2D eigenvalue weighted by molar-refractivity contribution is -0.120. The van der Waals surface area contributed by atoms with Crippen LogP contribution in [0, 0.1) is 0 Å². The second-order valence-electron chi connectivity index (χ2n) is 14.3. The SMILES string of the molecule is O=C(Nc1ccc(-c2nc[nH]c2-c2ccc(NC(=O)[C@@H]3CCCN3C(=O)c3nccc4ccccc34)cc2)cc1)[C@@H]1CCCN1C(=O)c1nccc2ccccc12. The van der Waals surface area contributed by atoms with Crippen LogP contribution in [0.15, 0.2) is 128 Å². The molecule has 2 aliphatic rings. The van der Waals surface area contributed by atoms with Crippen LogP contribution in [0.2, 0.25) is 0 Å². The fraction of sp³-hybridized carbons (Fsp3) is 0.178. The summed E-state index contributed by atoms with van der Waals surface area (Å²) in [4.78, 5) is 74.1. The Hall–Kier alpha value is -7.21. The number of anilines is 2. The molecule has 3 aromatic heterocycles. The van der Waals surface area contributed by atoms with Gasteiger partial charge >= 0.3 is 0 Å². The van der Waals surface area contributed by atoms with E-state index < -0.39 is 12.1 Å². The molecule has 12 nitrogen and oxygen atoms in total. The molecule has 0 spiro atoms. The van der Waals surface area contributed by atoms with Crippen molar-refractivity contribution in [2.24, 2.45) is 0 Å². The molecule has 282 valence electrons. The molecule has 7 aromatic rings. The van der Waals surface area contributed by atoms with Crippen molar-refractivity contribution in [2.75, 3.05) is 23.7 Å². The minimum Gasteiger partial charge on any atom is -0.344 e. The van der Waals surface area contributed by atoms with Gasteiger partial charge < -0.3 is 25.4 Å². The van der Waals surface area contributed by atoms with Gasteiger partial charge in [0.2, 0.25) is 11.8 Å². The smallest absolute Gasteiger partial charge is 0.273 e. The molecule has 0 saturated carbocycles. The summed E-state index contributed by atoms with van der Waals surface area (Å²) in [5.74, 6) is -0.971. The molecule has 4 amide bonds. The Balaban J connectivity index is 0.845. The molecule has 12 heteroatoms. The summed E-state index contributed by atoms with van der Waals surface area (Å²) in [5, 5.41) is 9.39. The number of aromatic nitrogens is 4. The number of hydrogen-bond donors (Lipinski definition) is 3. The number of carbonyl (C=O) groups excluding carboxylic acids is 4. The normalized spacial score (nSPS) is 16.6. The third-order valence-electron chi connectivity index (χ3n) is 10.9. The first-order valence-corrected chi connectivity index (χ1v) is 19.1. The Bertz CT molecular complexity index is 2470. The van der Waals surface area contributed by atoms with E-state index in [1.807, 2.05) is 109 Å². The lowest BCUT2D eigenvalue weighted by Gasteiger charge is -2.24. The van der Waals surface area contributed by atoms with E-state index in [9.17, 15) is 19.2 Å². The van der Waals surface area contributed by atoms with Gasteiger partial charge in [0.1, 0.15) is 23.5 Å². The number of pyridine rings is 2. The highest BCUT2D eigenvalue weighted by molar-refractivity contribution is 6.09. The molecule has 2 fully saturated rings. The van der Waals surface area contributed by atoms with Crippen molar-refractivity contribution < 1.29 is 19.2 Å². The number of likely N-dealkylation sites (tertiary alicyclic amines) is 2. The number of H-pyrrole nitrogens is 1. The predicted octanol–water partition coefficient (Wildman–Crippen LogP) is 7.33. The maximum absolute atomic E-state index is 13.6. The number of amides is 4. The molecule has 57 heavy (non-hydrogen) atoms. The Morgan fingerprint density at radius 3 is 1.54 bits per heavy atom. The van der Waals surface area contributed by atoms with E-state index in [0.717, 1.165) is 56.9 Å². The van der Waals surface area contributed by atoms with Crippen molar-refractivity contribution in [2.45, 2.75) is 37.8 Å².